The molecule has 1 fully saturated rings. The summed E-state index contributed by atoms with van der Waals surface area (Å²) in [4.78, 5) is 16.1. The molecule has 1 aliphatic heterocycles. The van der Waals surface area contributed by atoms with Gasteiger partial charge in [0.1, 0.15) is 6.07 Å². The van der Waals surface area contributed by atoms with E-state index in [4.69, 9.17) is 10.4 Å². The fourth-order valence-electron chi connectivity index (χ4n) is 2.28. The Kier molecular flexibility index (Phi) is 3.29. The second kappa shape index (κ2) is 4.67. The number of carboxylic acid groups (broad SMARTS) is 1. The van der Waals surface area contributed by atoms with Gasteiger partial charge in [0.2, 0.25) is 0 Å². The highest BCUT2D eigenvalue weighted by atomic mass is 19.4. The first-order valence-electron chi connectivity index (χ1n) is 5.72. The zero-order valence-corrected chi connectivity index (χ0v) is 10.2. The van der Waals surface area contributed by atoms with Crippen LogP contribution in [0, 0.1) is 16.7 Å². The molecule has 1 saturated heterocycles. The normalized spacial score (nSPS) is 22.6. The van der Waals surface area contributed by atoms with Gasteiger partial charge >= 0.3 is 12.1 Å². The Morgan fingerprint density at radius 2 is 2.25 bits per heavy atom. The number of aromatic nitrogens is 1. The van der Waals surface area contributed by atoms with E-state index in [2.05, 4.69) is 4.98 Å². The van der Waals surface area contributed by atoms with Crippen molar-refractivity contribution in [3.05, 3.63) is 24.0 Å². The molecule has 2 rings (SSSR count). The Morgan fingerprint density at radius 1 is 1.55 bits per heavy atom. The number of carboxylic acids is 1. The van der Waals surface area contributed by atoms with Gasteiger partial charge in [-0.3, -0.25) is 4.79 Å². The lowest BCUT2D eigenvalue weighted by Gasteiger charge is -2.27. The summed E-state index contributed by atoms with van der Waals surface area (Å²) in [7, 11) is 0. The summed E-state index contributed by atoms with van der Waals surface area (Å²) in [5, 5.41) is 17.9. The van der Waals surface area contributed by atoms with E-state index in [1.54, 1.807) is 6.07 Å². The summed E-state index contributed by atoms with van der Waals surface area (Å²) in [5.41, 5.74) is -2.59. The fraction of sp³-hybridized carbons (Fsp3) is 0.417. The minimum Gasteiger partial charge on any atom is -0.481 e. The molecule has 0 aromatic carbocycles. The van der Waals surface area contributed by atoms with Crippen LogP contribution in [-0.2, 0) is 4.79 Å². The van der Waals surface area contributed by atoms with E-state index >= 15 is 0 Å². The van der Waals surface area contributed by atoms with E-state index in [-0.39, 0.29) is 17.9 Å². The summed E-state index contributed by atoms with van der Waals surface area (Å²) >= 11 is 0. The Balaban J connectivity index is 2.37. The van der Waals surface area contributed by atoms with Crippen LogP contribution in [0.5, 0.6) is 0 Å². The Morgan fingerprint density at radius 3 is 2.75 bits per heavy atom. The summed E-state index contributed by atoms with van der Waals surface area (Å²) in [6.45, 7) is -0.807. The lowest BCUT2D eigenvalue weighted by Crippen LogP contribution is -2.47. The molecule has 0 spiro atoms. The van der Waals surface area contributed by atoms with Gasteiger partial charge in [-0.25, -0.2) is 4.98 Å². The van der Waals surface area contributed by atoms with Crippen molar-refractivity contribution in [2.45, 2.75) is 12.6 Å². The van der Waals surface area contributed by atoms with Gasteiger partial charge in [-0.05, 0) is 18.6 Å². The van der Waals surface area contributed by atoms with Crippen molar-refractivity contribution in [3.63, 3.8) is 0 Å². The number of hydrogen-bond donors (Lipinski definition) is 1. The standard InChI is InChI=1S/C12H10F3N3O2/c13-12(14,15)11(10(19)20)3-5-18(7-11)9-2-1-4-17-8(9)6-16/h1-2,4H,3,5,7H2,(H,19,20). The summed E-state index contributed by atoms with van der Waals surface area (Å²) < 4.78 is 39.2. The number of nitrogens with zero attached hydrogens (tertiary/aromatic N) is 3. The zero-order valence-electron chi connectivity index (χ0n) is 10.2. The van der Waals surface area contributed by atoms with Crippen molar-refractivity contribution in [3.8, 4) is 6.07 Å². The van der Waals surface area contributed by atoms with Crippen LogP contribution in [0.1, 0.15) is 12.1 Å². The van der Waals surface area contributed by atoms with E-state index < -0.39 is 30.5 Å². The van der Waals surface area contributed by atoms with Crippen LogP contribution in [-0.4, -0.2) is 35.3 Å². The predicted octanol–water partition coefficient (Wildman–Crippen LogP) is 1.80. The lowest BCUT2D eigenvalue weighted by atomic mass is 9.86. The lowest BCUT2D eigenvalue weighted by molar-refractivity contribution is -0.225. The van der Waals surface area contributed by atoms with E-state index in [1.165, 1.54) is 23.2 Å². The SMILES string of the molecule is N#Cc1ncccc1N1CCC(C(=O)O)(C(F)(F)F)C1. The molecule has 0 saturated carbocycles. The Labute approximate surface area is 112 Å². The van der Waals surface area contributed by atoms with Crippen LogP contribution in [0.3, 0.4) is 0 Å². The molecule has 0 aliphatic carbocycles. The van der Waals surface area contributed by atoms with Gasteiger partial charge in [0.25, 0.3) is 0 Å². The highest BCUT2D eigenvalue weighted by Crippen LogP contribution is 2.46. The first-order valence-corrected chi connectivity index (χ1v) is 5.72. The molecule has 0 radical (unpaired) electrons. The van der Waals surface area contributed by atoms with Crippen molar-refractivity contribution in [1.82, 2.24) is 4.98 Å². The number of aliphatic carboxylic acids is 1. The molecule has 106 valence electrons. The molecule has 20 heavy (non-hydrogen) atoms. The second-order valence-corrected chi connectivity index (χ2v) is 4.54. The monoisotopic (exact) mass is 285 g/mol. The van der Waals surface area contributed by atoms with Gasteiger partial charge in [-0.15, -0.1) is 0 Å². The van der Waals surface area contributed by atoms with Crippen molar-refractivity contribution in [1.29, 1.82) is 5.26 Å². The third-order valence-electron chi connectivity index (χ3n) is 3.45. The minimum absolute atomic E-state index is 0.0177. The van der Waals surface area contributed by atoms with Gasteiger partial charge in [0, 0.05) is 19.3 Å². The maximum atomic E-state index is 13.1. The van der Waals surface area contributed by atoms with Gasteiger partial charge < -0.3 is 10.0 Å². The number of rotatable bonds is 2. The average molecular weight is 285 g/mol. The number of nitriles is 1. The first kappa shape index (κ1) is 14.1. The average Bonchev–Trinajstić information content (AvgIpc) is 2.84. The second-order valence-electron chi connectivity index (χ2n) is 4.54. The summed E-state index contributed by atoms with van der Waals surface area (Å²) in [5.74, 6) is -1.89. The van der Waals surface area contributed by atoms with E-state index in [0.29, 0.717) is 0 Å². The Bertz CT molecular complexity index is 582. The Hall–Kier alpha value is -2.30. The van der Waals surface area contributed by atoms with Crippen molar-refractivity contribution >= 4 is 11.7 Å². The third-order valence-corrected chi connectivity index (χ3v) is 3.45. The van der Waals surface area contributed by atoms with E-state index in [0.717, 1.165) is 0 Å². The quantitative estimate of drug-likeness (QED) is 0.896. The largest absolute Gasteiger partial charge is 0.481 e. The molecule has 5 nitrogen and oxygen atoms in total. The molecule has 1 N–H and O–H groups in total. The smallest absolute Gasteiger partial charge is 0.406 e. The number of halogens is 3. The van der Waals surface area contributed by atoms with Crippen LogP contribution in [0.25, 0.3) is 0 Å². The van der Waals surface area contributed by atoms with Crippen molar-refractivity contribution in [2.24, 2.45) is 5.41 Å². The van der Waals surface area contributed by atoms with Gasteiger partial charge in [0.15, 0.2) is 11.1 Å². The molecule has 1 aromatic heterocycles. The van der Waals surface area contributed by atoms with Crippen molar-refractivity contribution in [2.75, 3.05) is 18.0 Å². The van der Waals surface area contributed by atoms with E-state index in [9.17, 15) is 18.0 Å². The van der Waals surface area contributed by atoms with Gasteiger partial charge in [-0.1, -0.05) is 0 Å². The number of pyridine rings is 1. The maximum Gasteiger partial charge on any atom is 0.406 e. The van der Waals surface area contributed by atoms with Crippen molar-refractivity contribution < 1.29 is 23.1 Å². The number of anilines is 1. The van der Waals surface area contributed by atoms with E-state index in [1.807, 2.05) is 0 Å². The minimum atomic E-state index is -4.84. The molecule has 1 aliphatic rings. The number of hydrogen-bond acceptors (Lipinski definition) is 4. The molecular formula is C12H10F3N3O2. The van der Waals surface area contributed by atoms with Gasteiger partial charge in [-0.2, -0.15) is 18.4 Å². The van der Waals surface area contributed by atoms with Gasteiger partial charge in [0.05, 0.1) is 5.69 Å². The fourth-order valence-corrected chi connectivity index (χ4v) is 2.28. The predicted molar refractivity (Wildman–Crippen MR) is 61.9 cm³/mol. The first-order chi connectivity index (χ1) is 9.32. The number of alkyl halides is 3. The summed E-state index contributed by atoms with van der Waals surface area (Å²) in [6, 6.07) is 4.74. The number of carbonyl (C=O) groups is 1. The molecule has 1 unspecified atom stereocenters. The topological polar surface area (TPSA) is 77.2 Å². The molecule has 8 heteroatoms. The van der Waals surface area contributed by atoms with Crippen LogP contribution in [0.4, 0.5) is 18.9 Å². The van der Waals surface area contributed by atoms with Crippen LogP contribution in [0.15, 0.2) is 18.3 Å². The molecule has 2 heterocycles. The third kappa shape index (κ3) is 2.05. The highest BCUT2D eigenvalue weighted by Gasteiger charge is 2.63. The maximum absolute atomic E-state index is 13.1. The summed E-state index contributed by atoms with van der Waals surface area (Å²) in [6.07, 6.45) is -4.04. The molecule has 1 aromatic rings. The molecule has 0 bridgehead atoms. The highest BCUT2D eigenvalue weighted by molar-refractivity contribution is 5.78. The van der Waals surface area contributed by atoms with Crippen LogP contribution in [0.2, 0.25) is 0 Å². The zero-order chi connectivity index (χ0) is 15.0. The molecular weight excluding hydrogens is 275 g/mol. The molecule has 0 amide bonds. The van der Waals surface area contributed by atoms with Crippen LogP contribution < -0.4 is 4.90 Å². The molecule has 1 atom stereocenters. The van der Waals surface area contributed by atoms with Crippen LogP contribution >= 0.6 is 0 Å².